The van der Waals surface area contributed by atoms with E-state index in [0.29, 0.717) is 18.0 Å². The average molecular weight is 609 g/mol. The molecule has 4 atom stereocenters. The van der Waals surface area contributed by atoms with Gasteiger partial charge in [-0.25, -0.2) is 4.39 Å². The second-order valence-corrected chi connectivity index (χ2v) is 13.0. The van der Waals surface area contributed by atoms with Crippen molar-refractivity contribution in [1.29, 1.82) is 0 Å². The molecule has 1 saturated carbocycles. The zero-order valence-corrected chi connectivity index (χ0v) is 26.0. The van der Waals surface area contributed by atoms with Crippen molar-refractivity contribution in [2.75, 3.05) is 23.8 Å². The highest BCUT2D eigenvalue weighted by molar-refractivity contribution is 5.99. The number of nitrogens with zero attached hydrogens (tertiary/aromatic N) is 2. The first-order valence-corrected chi connectivity index (χ1v) is 16.3. The van der Waals surface area contributed by atoms with Gasteiger partial charge in [-0.05, 0) is 98.5 Å². The minimum absolute atomic E-state index is 0.0498. The van der Waals surface area contributed by atoms with E-state index in [1.54, 1.807) is 19.1 Å². The average Bonchev–Trinajstić information content (AvgIpc) is 3.67. The van der Waals surface area contributed by atoms with Crippen molar-refractivity contribution >= 4 is 34.1 Å². The Morgan fingerprint density at radius 1 is 0.933 bits per heavy atom. The lowest BCUT2D eigenvalue weighted by molar-refractivity contribution is -0.125. The second kappa shape index (κ2) is 12.3. The fourth-order valence-electron chi connectivity index (χ4n) is 7.91. The van der Waals surface area contributed by atoms with E-state index < -0.39 is 17.8 Å². The molecule has 3 heterocycles. The van der Waals surface area contributed by atoms with Crippen LogP contribution in [-0.4, -0.2) is 46.6 Å². The predicted molar refractivity (Wildman–Crippen MR) is 175 cm³/mol. The lowest BCUT2D eigenvalue weighted by Gasteiger charge is -2.48. The van der Waals surface area contributed by atoms with Crippen molar-refractivity contribution in [3.05, 3.63) is 95.4 Å². The Morgan fingerprint density at radius 3 is 2.49 bits per heavy atom. The fraction of sp³-hybridized carbons (Fsp3) is 0.405. The molecule has 45 heavy (non-hydrogen) atoms. The van der Waals surface area contributed by atoms with E-state index in [1.807, 2.05) is 71.2 Å². The van der Waals surface area contributed by atoms with E-state index in [2.05, 4.69) is 10.6 Å². The molecule has 3 unspecified atom stereocenters. The van der Waals surface area contributed by atoms with Crippen LogP contribution in [0, 0.1) is 24.6 Å². The minimum Gasteiger partial charge on any atom is -0.382 e. The normalized spacial score (nSPS) is 23.6. The van der Waals surface area contributed by atoms with Gasteiger partial charge in [0, 0.05) is 60.8 Å². The molecule has 234 valence electrons. The number of rotatable bonds is 6. The highest BCUT2D eigenvalue weighted by Gasteiger charge is 2.50. The number of likely N-dealkylation sites (tertiary alicyclic amines) is 1. The molecule has 2 N–H and O–H groups in total. The number of benzene rings is 3. The Balaban J connectivity index is 1.26. The van der Waals surface area contributed by atoms with Crippen LogP contribution in [0.25, 0.3) is 10.9 Å². The quantitative estimate of drug-likeness (QED) is 0.242. The number of aromatic nitrogens is 1. The van der Waals surface area contributed by atoms with E-state index >= 15 is 4.39 Å². The summed E-state index contributed by atoms with van der Waals surface area (Å²) in [5.74, 6) is -1.29. The number of piperidine rings is 1. The molecule has 3 aromatic carbocycles. The summed E-state index contributed by atoms with van der Waals surface area (Å²) in [4.78, 5) is 30.7. The maximum Gasteiger partial charge on any atom is 0.257 e. The van der Waals surface area contributed by atoms with Gasteiger partial charge >= 0.3 is 0 Å². The van der Waals surface area contributed by atoms with Crippen LogP contribution in [0.3, 0.4) is 0 Å². The SMILES string of the molecule is Cc1cccc(F)c1C(=O)N1C2CCCC2CC(C(=O)Nc2ccc3c(ccn3C)c2)[C@@H]1c1ccc(NC2CCOCC2)cc1. The van der Waals surface area contributed by atoms with Crippen LogP contribution in [0.15, 0.2) is 72.9 Å². The summed E-state index contributed by atoms with van der Waals surface area (Å²) in [7, 11) is 2.00. The summed E-state index contributed by atoms with van der Waals surface area (Å²) in [6.45, 7) is 3.28. The number of fused-ring (bicyclic) bond motifs is 2. The number of anilines is 2. The molecule has 3 fully saturated rings. The number of aryl methyl sites for hydroxylation is 2. The van der Waals surface area contributed by atoms with Crippen molar-refractivity contribution in [3.63, 3.8) is 0 Å². The first kappa shape index (κ1) is 29.5. The lowest BCUT2D eigenvalue weighted by atomic mass is 9.76. The smallest absolute Gasteiger partial charge is 0.257 e. The maximum atomic E-state index is 15.3. The van der Waals surface area contributed by atoms with Crippen molar-refractivity contribution in [3.8, 4) is 0 Å². The summed E-state index contributed by atoms with van der Waals surface area (Å²) in [6, 6.07) is 20.7. The molecule has 2 amide bonds. The molecule has 3 aliphatic rings. The zero-order chi connectivity index (χ0) is 31.1. The third kappa shape index (κ3) is 5.72. The van der Waals surface area contributed by atoms with Gasteiger partial charge in [0.15, 0.2) is 0 Å². The third-order valence-corrected chi connectivity index (χ3v) is 10.2. The molecule has 0 spiro atoms. The van der Waals surface area contributed by atoms with Crippen LogP contribution in [0.5, 0.6) is 0 Å². The van der Waals surface area contributed by atoms with Gasteiger partial charge in [0.05, 0.1) is 17.5 Å². The summed E-state index contributed by atoms with van der Waals surface area (Å²) in [6.07, 6.45) is 7.37. The van der Waals surface area contributed by atoms with Gasteiger partial charge in [-0.2, -0.15) is 0 Å². The number of nitrogens with one attached hydrogen (secondary N) is 2. The molecule has 1 aromatic heterocycles. The monoisotopic (exact) mass is 608 g/mol. The van der Waals surface area contributed by atoms with Gasteiger partial charge in [-0.15, -0.1) is 0 Å². The number of amides is 2. The Kier molecular flexibility index (Phi) is 8.08. The predicted octanol–water partition coefficient (Wildman–Crippen LogP) is 7.23. The first-order chi connectivity index (χ1) is 21.9. The molecule has 8 heteroatoms. The Morgan fingerprint density at radius 2 is 1.71 bits per heavy atom. The second-order valence-electron chi connectivity index (χ2n) is 13.0. The zero-order valence-electron chi connectivity index (χ0n) is 26.0. The number of hydrogen-bond acceptors (Lipinski definition) is 4. The van der Waals surface area contributed by atoms with Crippen molar-refractivity contribution < 1.29 is 18.7 Å². The lowest BCUT2D eigenvalue weighted by Crippen LogP contribution is -2.54. The van der Waals surface area contributed by atoms with Gasteiger partial charge in [0.2, 0.25) is 5.91 Å². The fourth-order valence-corrected chi connectivity index (χ4v) is 7.91. The van der Waals surface area contributed by atoms with Crippen LogP contribution >= 0.6 is 0 Å². The number of carbonyl (C=O) groups excluding carboxylic acids is 2. The van der Waals surface area contributed by atoms with E-state index in [1.165, 1.54) is 6.07 Å². The van der Waals surface area contributed by atoms with Gasteiger partial charge in [-0.3, -0.25) is 9.59 Å². The molecule has 2 aliphatic heterocycles. The Bertz CT molecular complexity index is 1690. The molecule has 7 nitrogen and oxygen atoms in total. The number of ether oxygens (including phenoxy) is 1. The van der Waals surface area contributed by atoms with Gasteiger partial charge in [0.1, 0.15) is 5.82 Å². The molecule has 1 aliphatic carbocycles. The summed E-state index contributed by atoms with van der Waals surface area (Å²) < 4.78 is 22.9. The highest BCUT2D eigenvalue weighted by atomic mass is 19.1. The molecule has 0 radical (unpaired) electrons. The molecule has 0 bridgehead atoms. The molecule has 7 rings (SSSR count). The van der Waals surface area contributed by atoms with Crippen molar-refractivity contribution in [2.45, 2.75) is 63.6 Å². The summed E-state index contributed by atoms with van der Waals surface area (Å²) >= 11 is 0. The molecule has 4 aromatic rings. The number of halogens is 1. The van der Waals surface area contributed by atoms with Crippen molar-refractivity contribution in [2.24, 2.45) is 18.9 Å². The molecule has 2 saturated heterocycles. The standard InChI is InChI=1S/C37H41FN4O3/c1-23-5-3-7-31(38)34(23)37(44)42-33-8-4-6-25(33)22-30(36(43)40-29-13-14-32-26(21-29)15-18-41(32)2)35(42)24-9-11-27(12-10-24)39-28-16-19-45-20-17-28/h3,5,7,9-15,18,21,25,28,30,33,35,39H,4,6,8,16-17,19-20,22H2,1-2H3,(H,40,43)/t25?,30?,33?,35-/m0/s1. The number of carbonyl (C=O) groups is 2. The Labute approximate surface area is 263 Å². The molecular formula is C37H41FN4O3. The minimum atomic E-state index is -0.534. The van der Waals surface area contributed by atoms with Crippen LogP contribution in [0.1, 0.15) is 66.1 Å². The summed E-state index contributed by atoms with van der Waals surface area (Å²) in [5.41, 5.74) is 4.40. The number of hydrogen-bond donors (Lipinski definition) is 2. The van der Waals surface area contributed by atoms with Gasteiger partial charge < -0.3 is 24.8 Å². The third-order valence-electron chi connectivity index (χ3n) is 10.2. The van der Waals surface area contributed by atoms with Gasteiger partial charge in [-0.1, -0.05) is 30.7 Å². The molecular weight excluding hydrogens is 567 g/mol. The summed E-state index contributed by atoms with van der Waals surface area (Å²) in [5, 5.41) is 7.86. The van der Waals surface area contributed by atoms with Crippen LogP contribution in [-0.2, 0) is 16.6 Å². The highest BCUT2D eigenvalue weighted by Crippen LogP contribution is 2.49. The van der Waals surface area contributed by atoms with E-state index in [0.717, 1.165) is 73.2 Å². The maximum absolute atomic E-state index is 15.3. The van der Waals surface area contributed by atoms with Crippen LogP contribution in [0.2, 0.25) is 0 Å². The van der Waals surface area contributed by atoms with E-state index in [-0.39, 0.29) is 29.3 Å². The van der Waals surface area contributed by atoms with Crippen LogP contribution < -0.4 is 10.6 Å². The van der Waals surface area contributed by atoms with E-state index in [9.17, 15) is 9.59 Å². The van der Waals surface area contributed by atoms with Crippen LogP contribution in [0.4, 0.5) is 15.8 Å². The largest absolute Gasteiger partial charge is 0.382 e. The Hall–Kier alpha value is -4.17. The van der Waals surface area contributed by atoms with E-state index in [4.69, 9.17) is 4.74 Å². The topological polar surface area (TPSA) is 75.6 Å². The first-order valence-electron chi connectivity index (χ1n) is 16.3. The van der Waals surface area contributed by atoms with Crippen molar-refractivity contribution in [1.82, 2.24) is 9.47 Å². The van der Waals surface area contributed by atoms with Gasteiger partial charge in [0.25, 0.3) is 5.91 Å².